The van der Waals surface area contributed by atoms with E-state index in [9.17, 15) is 9.90 Å². The van der Waals surface area contributed by atoms with E-state index >= 15 is 0 Å². The lowest BCUT2D eigenvalue weighted by Crippen LogP contribution is -2.00. The lowest BCUT2D eigenvalue weighted by Gasteiger charge is -2.15. The van der Waals surface area contributed by atoms with Gasteiger partial charge >= 0.3 is 0 Å². The zero-order valence-electron chi connectivity index (χ0n) is 17.6. The Balaban J connectivity index is 1.40. The number of rotatable bonds is 8. The molecule has 1 unspecified atom stereocenters. The molecule has 2 N–H and O–H groups in total. The lowest BCUT2D eigenvalue weighted by molar-refractivity contribution is -0.108. The van der Waals surface area contributed by atoms with E-state index in [4.69, 9.17) is 9.47 Å². The Hall–Kier alpha value is -4.20. The molecule has 162 valence electrons. The molecule has 0 saturated carbocycles. The number of nitrogens with one attached hydrogen (secondary N) is 1. The number of aromatic nitrogens is 4. The first-order chi connectivity index (χ1) is 15.5. The molecule has 0 amide bonds. The van der Waals surface area contributed by atoms with Crippen molar-refractivity contribution in [2.24, 2.45) is 0 Å². The average Bonchev–Trinajstić information content (AvgIpc) is 3.36. The minimum absolute atomic E-state index is 0.0918. The molecule has 1 aromatic heterocycles. The Bertz CT molecular complexity index is 1210. The van der Waals surface area contributed by atoms with Gasteiger partial charge in [0.05, 0.1) is 0 Å². The van der Waals surface area contributed by atoms with Crippen LogP contribution in [-0.2, 0) is 11.4 Å². The number of ether oxygens (including phenoxy) is 2. The van der Waals surface area contributed by atoms with Gasteiger partial charge in [0.25, 0.3) is 0 Å². The number of hydrogen-bond acceptors (Lipinski definition) is 7. The number of aromatic amines is 1. The third kappa shape index (κ3) is 4.59. The second-order valence-electron chi connectivity index (χ2n) is 7.36. The number of benzene rings is 3. The van der Waals surface area contributed by atoms with Crippen LogP contribution in [0.15, 0.2) is 60.7 Å². The molecule has 0 bridgehead atoms. The van der Waals surface area contributed by atoms with E-state index in [2.05, 4.69) is 20.6 Å². The van der Waals surface area contributed by atoms with Crippen LogP contribution >= 0.6 is 0 Å². The highest BCUT2D eigenvalue weighted by Gasteiger charge is 2.15. The largest absolute Gasteiger partial charge is 0.507 e. The van der Waals surface area contributed by atoms with Crippen LogP contribution in [0.1, 0.15) is 29.5 Å². The summed E-state index contributed by atoms with van der Waals surface area (Å²) in [6.07, 6.45) is 0.806. The van der Waals surface area contributed by atoms with Gasteiger partial charge in [0.15, 0.2) is 5.82 Å². The van der Waals surface area contributed by atoms with Crippen LogP contribution in [0.2, 0.25) is 0 Å². The maximum atomic E-state index is 11.0. The highest BCUT2D eigenvalue weighted by atomic mass is 16.5. The fourth-order valence-corrected chi connectivity index (χ4v) is 3.24. The van der Waals surface area contributed by atoms with Gasteiger partial charge in [0.1, 0.15) is 35.9 Å². The number of nitrogens with zero attached hydrogens (tertiary/aromatic N) is 3. The van der Waals surface area contributed by atoms with Crippen molar-refractivity contribution in [2.45, 2.75) is 26.4 Å². The molecule has 4 rings (SSSR count). The summed E-state index contributed by atoms with van der Waals surface area (Å²) in [5.74, 6) is 2.21. The summed E-state index contributed by atoms with van der Waals surface area (Å²) in [4.78, 5) is 11.0. The van der Waals surface area contributed by atoms with Crippen LogP contribution < -0.4 is 9.47 Å². The first-order valence-corrected chi connectivity index (χ1v) is 10.1. The minimum Gasteiger partial charge on any atom is -0.507 e. The lowest BCUT2D eigenvalue weighted by atomic mass is 9.98. The molecule has 8 nitrogen and oxygen atoms in total. The van der Waals surface area contributed by atoms with Crippen LogP contribution in [0.25, 0.3) is 11.4 Å². The van der Waals surface area contributed by atoms with E-state index in [1.165, 1.54) is 0 Å². The first-order valence-electron chi connectivity index (χ1n) is 10.1. The number of aldehydes is 1. The third-order valence-electron chi connectivity index (χ3n) is 5.11. The fraction of sp³-hybridized carbons (Fsp3) is 0.167. The molecule has 1 heterocycles. The van der Waals surface area contributed by atoms with Crippen molar-refractivity contribution in [1.29, 1.82) is 0 Å². The van der Waals surface area contributed by atoms with E-state index in [1.807, 2.05) is 48.5 Å². The van der Waals surface area contributed by atoms with Crippen molar-refractivity contribution in [3.63, 3.8) is 0 Å². The van der Waals surface area contributed by atoms with Gasteiger partial charge in [-0.25, -0.2) is 5.10 Å². The predicted molar refractivity (Wildman–Crippen MR) is 118 cm³/mol. The number of carbonyl (C=O) groups excluding carboxylic acids is 1. The smallest absolute Gasteiger partial charge is 0.179 e. The Morgan fingerprint density at radius 2 is 1.91 bits per heavy atom. The van der Waals surface area contributed by atoms with Crippen LogP contribution in [0.5, 0.6) is 23.0 Å². The molecular formula is C24H22N4O4. The van der Waals surface area contributed by atoms with E-state index in [0.717, 1.165) is 17.4 Å². The molecule has 32 heavy (non-hydrogen) atoms. The minimum atomic E-state index is -0.372. The van der Waals surface area contributed by atoms with Crippen LogP contribution in [0, 0.1) is 6.92 Å². The van der Waals surface area contributed by atoms with E-state index in [-0.39, 0.29) is 11.7 Å². The molecule has 0 aliphatic heterocycles. The number of aromatic hydroxyl groups is 1. The monoisotopic (exact) mass is 430 g/mol. The van der Waals surface area contributed by atoms with Crippen molar-refractivity contribution < 1.29 is 19.4 Å². The summed E-state index contributed by atoms with van der Waals surface area (Å²) in [5, 5.41) is 24.2. The van der Waals surface area contributed by atoms with Crippen molar-refractivity contribution >= 4 is 6.29 Å². The summed E-state index contributed by atoms with van der Waals surface area (Å²) in [6.45, 7) is 3.84. The maximum absolute atomic E-state index is 11.0. The van der Waals surface area contributed by atoms with Crippen molar-refractivity contribution in [1.82, 2.24) is 20.6 Å². The molecule has 4 aromatic rings. The van der Waals surface area contributed by atoms with Gasteiger partial charge in [-0.2, -0.15) is 0 Å². The Morgan fingerprint density at radius 3 is 2.62 bits per heavy atom. The molecule has 0 spiro atoms. The van der Waals surface area contributed by atoms with Crippen LogP contribution in [0.4, 0.5) is 0 Å². The molecule has 3 aromatic carbocycles. The Morgan fingerprint density at radius 1 is 1.09 bits per heavy atom. The molecule has 0 aliphatic carbocycles. The van der Waals surface area contributed by atoms with E-state index in [1.54, 1.807) is 26.0 Å². The summed E-state index contributed by atoms with van der Waals surface area (Å²) >= 11 is 0. The Kier molecular flexibility index (Phi) is 6.12. The van der Waals surface area contributed by atoms with Crippen molar-refractivity contribution in [3.05, 3.63) is 77.4 Å². The van der Waals surface area contributed by atoms with Crippen molar-refractivity contribution in [3.8, 4) is 34.4 Å². The topological polar surface area (TPSA) is 110 Å². The molecule has 0 saturated heterocycles. The maximum Gasteiger partial charge on any atom is 0.179 e. The van der Waals surface area contributed by atoms with Crippen LogP contribution in [-0.4, -0.2) is 32.0 Å². The number of carbonyl (C=O) groups is 1. The summed E-state index contributed by atoms with van der Waals surface area (Å²) in [7, 11) is 0. The zero-order chi connectivity index (χ0) is 22.5. The molecule has 8 heteroatoms. The SMILES string of the molecule is Cc1c(OCc2ccc(Oc3cccc(-c4nnn[nH]4)c3)cc2)ccc(C(C)C=O)c1O. The second-order valence-corrected chi connectivity index (χ2v) is 7.36. The van der Waals surface area contributed by atoms with Gasteiger partial charge in [-0.3, -0.25) is 0 Å². The van der Waals surface area contributed by atoms with Gasteiger partial charge < -0.3 is 19.4 Å². The first kappa shape index (κ1) is 21.0. The van der Waals surface area contributed by atoms with Gasteiger partial charge in [0, 0.05) is 22.6 Å². The fourth-order valence-electron chi connectivity index (χ4n) is 3.24. The molecular weight excluding hydrogens is 408 g/mol. The quantitative estimate of drug-likeness (QED) is 0.394. The standard InChI is InChI=1S/C24H22N4O4/c1-15(13-29)21-10-11-22(16(2)23(21)30)31-14-17-6-8-19(9-7-17)32-20-5-3-4-18(12-20)24-25-27-28-26-24/h3-13,15,30H,14H2,1-2H3,(H,25,26,27,28). The molecule has 0 aliphatic rings. The molecule has 0 fully saturated rings. The van der Waals surface area contributed by atoms with E-state index in [0.29, 0.717) is 40.8 Å². The zero-order valence-corrected chi connectivity index (χ0v) is 17.6. The van der Waals surface area contributed by atoms with Gasteiger partial charge in [-0.15, -0.1) is 5.10 Å². The summed E-state index contributed by atoms with van der Waals surface area (Å²) < 4.78 is 11.8. The number of phenolic OH excluding ortho intramolecular Hbond substituents is 1. The van der Waals surface area contributed by atoms with Crippen LogP contribution in [0.3, 0.4) is 0 Å². The number of phenols is 1. The molecule has 0 radical (unpaired) electrons. The Labute approximate surface area is 184 Å². The summed E-state index contributed by atoms with van der Waals surface area (Å²) in [6, 6.07) is 18.5. The van der Waals surface area contributed by atoms with Gasteiger partial charge in [-0.1, -0.05) is 37.3 Å². The number of tetrazole rings is 1. The highest BCUT2D eigenvalue weighted by Crippen LogP contribution is 2.34. The van der Waals surface area contributed by atoms with Gasteiger partial charge in [-0.05, 0) is 53.2 Å². The highest BCUT2D eigenvalue weighted by molar-refractivity contribution is 5.65. The third-order valence-corrected chi connectivity index (χ3v) is 5.11. The normalized spacial score (nSPS) is 11.7. The summed E-state index contributed by atoms with van der Waals surface area (Å²) in [5.41, 5.74) is 2.97. The second kappa shape index (κ2) is 9.30. The molecule has 1 atom stereocenters. The number of H-pyrrole nitrogens is 1. The van der Waals surface area contributed by atoms with Gasteiger partial charge in [0.2, 0.25) is 0 Å². The average molecular weight is 430 g/mol. The predicted octanol–water partition coefficient (Wildman–Crippen LogP) is 4.55. The number of hydrogen-bond donors (Lipinski definition) is 2. The van der Waals surface area contributed by atoms with E-state index < -0.39 is 0 Å². The van der Waals surface area contributed by atoms with Crippen molar-refractivity contribution in [2.75, 3.05) is 0 Å².